The van der Waals surface area contributed by atoms with Crippen molar-refractivity contribution in [2.75, 3.05) is 20.1 Å². The molecule has 1 aromatic carbocycles. The second-order valence-electron chi connectivity index (χ2n) is 5.24. The van der Waals surface area contributed by atoms with Crippen LogP contribution in [0.15, 0.2) is 18.2 Å². The first-order valence-corrected chi connectivity index (χ1v) is 7.60. The van der Waals surface area contributed by atoms with Gasteiger partial charge in [-0.3, -0.25) is 0 Å². The Morgan fingerprint density at radius 2 is 1.74 bits per heavy atom. The third-order valence-corrected chi connectivity index (χ3v) is 3.68. The van der Waals surface area contributed by atoms with Gasteiger partial charge in [-0.2, -0.15) is 0 Å². The Kier molecular flexibility index (Phi) is 7.77. The largest absolute Gasteiger partial charge is 0.313 e. The van der Waals surface area contributed by atoms with Gasteiger partial charge < -0.3 is 10.2 Å². The molecular weight excluding hydrogens is 279 g/mol. The van der Waals surface area contributed by atoms with E-state index in [1.54, 1.807) is 6.07 Å². The van der Waals surface area contributed by atoms with Crippen LogP contribution < -0.4 is 5.32 Å². The van der Waals surface area contributed by atoms with Gasteiger partial charge in [0.25, 0.3) is 0 Å². The molecule has 0 aliphatic rings. The lowest BCUT2D eigenvalue weighted by molar-refractivity contribution is 0.268. The van der Waals surface area contributed by atoms with E-state index < -0.39 is 0 Å². The van der Waals surface area contributed by atoms with Gasteiger partial charge in [-0.15, -0.1) is 0 Å². The average molecular weight is 303 g/mol. The lowest BCUT2D eigenvalue weighted by atomic mass is 10.2. The third kappa shape index (κ3) is 7.17. The zero-order valence-corrected chi connectivity index (χ0v) is 13.6. The molecule has 4 heteroatoms. The Bertz CT molecular complexity index is 360. The molecule has 19 heavy (non-hydrogen) atoms. The van der Waals surface area contributed by atoms with Crippen LogP contribution in [0.1, 0.15) is 32.3 Å². The van der Waals surface area contributed by atoms with E-state index in [0.29, 0.717) is 16.1 Å². The number of nitrogens with zero attached hydrogens (tertiary/aromatic N) is 1. The van der Waals surface area contributed by atoms with Crippen molar-refractivity contribution in [3.8, 4) is 0 Å². The average Bonchev–Trinajstić information content (AvgIpc) is 2.31. The Hall–Kier alpha value is -0.280. The first-order valence-electron chi connectivity index (χ1n) is 6.85. The zero-order valence-electron chi connectivity index (χ0n) is 12.0. The van der Waals surface area contributed by atoms with E-state index in [1.165, 1.54) is 12.8 Å². The van der Waals surface area contributed by atoms with Crippen LogP contribution in [0.2, 0.25) is 10.0 Å². The lowest BCUT2D eigenvalue weighted by Gasteiger charge is -2.20. The van der Waals surface area contributed by atoms with E-state index in [2.05, 4.69) is 31.1 Å². The smallest absolute Gasteiger partial charge is 0.0424 e. The molecule has 0 radical (unpaired) electrons. The van der Waals surface area contributed by atoms with Crippen molar-refractivity contribution < 1.29 is 0 Å². The first kappa shape index (κ1) is 16.8. The molecule has 2 nitrogen and oxygen atoms in total. The quantitative estimate of drug-likeness (QED) is 0.724. The number of hydrogen-bond acceptors (Lipinski definition) is 2. The van der Waals surface area contributed by atoms with E-state index in [9.17, 15) is 0 Å². The standard InChI is InChI=1S/C15H24Cl2N2/c1-12(2)19(3)7-5-4-6-18-11-13-8-14(16)10-15(17)9-13/h8-10,12,18H,4-7,11H2,1-3H3. The zero-order chi connectivity index (χ0) is 14.3. The maximum Gasteiger partial charge on any atom is 0.0424 e. The Morgan fingerprint density at radius 3 is 2.32 bits per heavy atom. The van der Waals surface area contributed by atoms with Crippen molar-refractivity contribution in [3.63, 3.8) is 0 Å². The topological polar surface area (TPSA) is 15.3 Å². The minimum absolute atomic E-state index is 0.626. The van der Waals surface area contributed by atoms with Crippen LogP contribution in [0, 0.1) is 0 Å². The molecule has 0 spiro atoms. The highest BCUT2D eigenvalue weighted by Crippen LogP contribution is 2.18. The van der Waals surface area contributed by atoms with Crippen molar-refractivity contribution in [3.05, 3.63) is 33.8 Å². The van der Waals surface area contributed by atoms with Gasteiger partial charge in [0.15, 0.2) is 0 Å². The van der Waals surface area contributed by atoms with Crippen LogP contribution in [0.25, 0.3) is 0 Å². The molecule has 0 unspecified atom stereocenters. The maximum atomic E-state index is 5.96. The van der Waals surface area contributed by atoms with Gasteiger partial charge in [0.2, 0.25) is 0 Å². The van der Waals surface area contributed by atoms with E-state index in [4.69, 9.17) is 23.2 Å². The predicted octanol–water partition coefficient (Wildman–Crippen LogP) is 4.20. The molecule has 0 aliphatic carbocycles. The monoisotopic (exact) mass is 302 g/mol. The van der Waals surface area contributed by atoms with Crippen molar-refractivity contribution in [2.45, 2.75) is 39.3 Å². The van der Waals surface area contributed by atoms with Gasteiger partial charge in [0.1, 0.15) is 0 Å². The highest BCUT2D eigenvalue weighted by molar-refractivity contribution is 6.34. The van der Waals surface area contributed by atoms with Gasteiger partial charge in [-0.25, -0.2) is 0 Å². The van der Waals surface area contributed by atoms with Crippen LogP contribution in [0.5, 0.6) is 0 Å². The van der Waals surface area contributed by atoms with Crippen LogP contribution >= 0.6 is 23.2 Å². The van der Waals surface area contributed by atoms with Crippen LogP contribution in [-0.2, 0) is 6.54 Å². The number of halogens is 2. The number of unbranched alkanes of at least 4 members (excludes halogenated alkanes) is 1. The summed E-state index contributed by atoms with van der Waals surface area (Å²) >= 11 is 11.9. The van der Waals surface area contributed by atoms with E-state index in [0.717, 1.165) is 25.2 Å². The fourth-order valence-electron chi connectivity index (χ4n) is 1.82. The summed E-state index contributed by atoms with van der Waals surface area (Å²) in [6, 6.07) is 6.29. The summed E-state index contributed by atoms with van der Waals surface area (Å²) in [7, 11) is 2.17. The molecule has 0 saturated heterocycles. The summed E-state index contributed by atoms with van der Waals surface area (Å²) in [5, 5.41) is 4.82. The molecule has 0 bridgehead atoms. The number of rotatable bonds is 8. The molecule has 1 rings (SSSR count). The minimum Gasteiger partial charge on any atom is -0.313 e. The Labute approximate surface area is 127 Å². The molecule has 0 amide bonds. The SMILES string of the molecule is CC(C)N(C)CCCCNCc1cc(Cl)cc(Cl)c1. The number of benzene rings is 1. The molecule has 0 aromatic heterocycles. The summed E-state index contributed by atoms with van der Waals surface area (Å²) < 4.78 is 0. The molecule has 0 heterocycles. The second kappa shape index (κ2) is 8.80. The molecule has 0 aliphatic heterocycles. The van der Waals surface area contributed by atoms with E-state index in [-0.39, 0.29) is 0 Å². The maximum absolute atomic E-state index is 5.96. The van der Waals surface area contributed by atoms with Crippen LogP contribution in [0.4, 0.5) is 0 Å². The normalized spacial score (nSPS) is 11.5. The van der Waals surface area contributed by atoms with Gasteiger partial charge in [0, 0.05) is 22.6 Å². The summed E-state index contributed by atoms with van der Waals surface area (Å²) in [6.07, 6.45) is 2.41. The highest BCUT2D eigenvalue weighted by atomic mass is 35.5. The van der Waals surface area contributed by atoms with Crippen molar-refractivity contribution in [1.29, 1.82) is 0 Å². The van der Waals surface area contributed by atoms with Crippen LogP contribution in [0.3, 0.4) is 0 Å². The molecular formula is C15H24Cl2N2. The van der Waals surface area contributed by atoms with E-state index >= 15 is 0 Å². The Balaban J connectivity index is 2.14. The van der Waals surface area contributed by atoms with Gasteiger partial charge >= 0.3 is 0 Å². The third-order valence-electron chi connectivity index (χ3n) is 3.25. The predicted molar refractivity (Wildman–Crippen MR) is 85.2 cm³/mol. The molecule has 1 aromatic rings. The van der Waals surface area contributed by atoms with Gasteiger partial charge in [-0.1, -0.05) is 23.2 Å². The highest BCUT2D eigenvalue weighted by Gasteiger charge is 2.02. The molecule has 108 valence electrons. The van der Waals surface area contributed by atoms with Gasteiger partial charge in [-0.05, 0) is 70.6 Å². The Morgan fingerprint density at radius 1 is 1.11 bits per heavy atom. The first-order chi connectivity index (χ1) is 8.99. The van der Waals surface area contributed by atoms with Crippen molar-refractivity contribution in [1.82, 2.24) is 10.2 Å². The van der Waals surface area contributed by atoms with E-state index in [1.807, 2.05) is 12.1 Å². The summed E-state index contributed by atoms with van der Waals surface area (Å²) in [4.78, 5) is 2.37. The van der Waals surface area contributed by atoms with Gasteiger partial charge in [0.05, 0.1) is 0 Å². The molecule has 1 N–H and O–H groups in total. The second-order valence-corrected chi connectivity index (χ2v) is 6.11. The van der Waals surface area contributed by atoms with Crippen molar-refractivity contribution in [2.24, 2.45) is 0 Å². The molecule has 0 fully saturated rings. The molecule has 0 saturated carbocycles. The molecule has 0 atom stereocenters. The lowest BCUT2D eigenvalue weighted by Crippen LogP contribution is -2.27. The van der Waals surface area contributed by atoms with Crippen molar-refractivity contribution >= 4 is 23.2 Å². The number of nitrogens with one attached hydrogen (secondary N) is 1. The fraction of sp³-hybridized carbons (Fsp3) is 0.600. The minimum atomic E-state index is 0.626. The summed E-state index contributed by atoms with van der Waals surface area (Å²) in [5.74, 6) is 0. The number of hydrogen-bond donors (Lipinski definition) is 1. The fourth-order valence-corrected chi connectivity index (χ4v) is 2.39. The summed E-state index contributed by atoms with van der Waals surface area (Å²) in [5.41, 5.74) is 1.14. The summed E-state index contributed by atoms with van der Waals surface area (Å²) in [6.45, 7) is 7.45. The van der Waals surface area contributed by atoms with Crippen LogP contribution in [-0.4, -0.2) is 31.1 Å².